The van der Waals surface area contributed by atoms with E-state index >= 15 is 0 Å². The number of amides is 1. The number of carbonyl (C=O) groups excluding carboxylic acids is 2. The average Bonchev–Trinajstić information content (AvgIpc) is 2.28. The Hall–Kier alpha value is -1.36. The second kappa shape index (κ2) is 6.27. The first-order valence-electron chi connectivity index (χ1n) is 5.47. The summed E-state index contributed by atoms with van der Waals surface area (Å²) >= 11 is 0. The molecule has 1 aliphatic heterocycles. The minimum Gasteiger partial charge on any atom is -0.461 e. The molecular formula is C11H18N2O3. The predicted octanol–water partition coefficient (Wildman–Crippen LogP) is 0.275. The van der Waals surface area contributed by atoms with Gasteiger partial charge in [-0.15, -0.1) is 0 Å². The van der Waals surface area contributed by atoms with Crippen LogP contribution in [0.1, 0.15) is 19.8 Å². The topological polar surface area (TPSA) is 58.6 Å². The van der Waals surface area contributed by atoms with Crippen LogP contribution in [-0.4, -0.2) is 44.0 Å². The molecule has 1 amide bonds. The molecule has 5 nitrogen and oxygen atoms in total. The second-order valence-corrected chi connectivity index (χ2v) is 3.76. The van der Waals surface area contributed by atoms with Gasteiger partial charge in [-0.1, -0.05) is 0 Å². The summed E-state index contributed by atoms with van der Waals surface area (Å²) in [7, 11) is 2.04. The molecule has 1 rings (SSSR count). The quantitative estimate of drug-likeness (QED) is 0.425. The van der Waals surface area contributed by atoms with Gasteiger partial charge in [0.25, 0.3) is 0 Å². The molecule has 1 heterocycles. The number of nitrogens with one attached hydrogen (secondary N) is 1. The molecule has 0 bridgehead atoms. The summed E-state index contributed by atoms with van der Waals surface area (Å²) < 4.78 is 4.90. The zero-order valence-electron chi connectivity index (χ0n) is 9.78. The highest BCUT2D eigenvalue weighted by Crippen LogP contribution is 2.18. The van der Waals surface area contributed by atoms with Crippen LogP contribution >= 0.6 is 0 Å². The smallest absolute Gasteiger partial charge is 0.354 e. The molecule has 0 radical (unpaired) electrons. The van der Waals surface area contributed by atoms with Gasteiger partial charge < -0.3 is 15.0 Å². The van der Waals surface area contributed by atoms with E-state index in [1.165, 1.54) is 0 Å². The third-order valence-electron chi connectivity index (χ3n) is 2.63. The maximum absolute atomic E-state index is 11.6. The van der Waals surface area contributed by atoms with E-state index in [9.17, 15) is 9.59 Å². The minimum absolute atomic E-state index is 0.316. The Labute approximate surface area is 95.4 Å². The van der Waals surface area contributed by atoms with Crippen LogP contribution in [0.15, 0.2) is 11.3 Å². The Kier molecular flexibility index (Phi) is 4.98. The van der Waals surface area contributed by atoms with E-state index in [4.69, 9.17) is 4.74 Å². The molecular weight excluding hydrogens is 208 g/mol. The molecule has 0 atom stereocenters. The molecule has 1 saturated heterocycles. The van der Waals surface area contributed by atoms with Crippen molar-refractivity contribution in [3.05, 3.63) is 11.3 Å². The largest absolute Gasteiger partial charge is 0.461 e. The van der Waals surface area contributed by atoms with Gasteiger partial charge in [0.1, 0.15) is 5.70 Å². The zero-order valence-corrected chi connectivity index (χ0v) is 9.78. The summed E-state index contributed by atoms with van der Waals surface area (Å²) in [5.41, 5.74) is 1.30. The predicted molar refractivity (Wildman–Crippen MR) is 59.6 cm³/mol. The van der Waals surface area contributed by atoms with Gasteiger partial charge in [-0.25, -0.2) is 4.79 Å². The van der Waals surface area contributed by atoms with Crippen molar-refractivity contribution >= 4 is 12.4 Å². The Morgan fingerprint density at radius 3 is 2.62 bits per heavy atom. The Bertz CT molecular complexity index is 290. The van der Waals surface area contributed by atoms with E-state index in [-0.39, 0.29) is 0 Å². The second-order valence-electron chi connectivity index (χ2n) is 3.76. The van der Waals surface area contributed by atoms with Crippen molar-refractivity contribution in [1.82, 2.24) is 10.2 Å². The van der Waals surface area contributed by atoms with Crippen LogP contribution < -0.4 is 5.32 Å². The lowest BCUT2D eigenvalue weighted by Gasteiger charge is -2.25. The molecule has 0 saturated carbocycles. The molecule has 1 fully saturated rings. The van der Waals surface area contributed by atoms with E-state index in [0.29, 0.717) is 18.7 Å². The van der Waals surface area contributed by atoms with Gasteiger partial charge in [-0.05, 0) is 32.4 Å². The van der Waals surface area contributed by atoms with Gasteiger partial charge in [0.2, 0.25) is 6.41 Å². The first-order chi connectivity index (χ1) is 7.69. The van der Waals surface area contributed by atoms with Crippen molar-refractivity contribution in [3.8, 4) is 0 Å². The van der Waals surface area contributed by atoms with Crippen molar-refractivity contribution in [1.29, 1.82) is 0 Å². The summed E-state index contributed by atoms with van der Waals surface area (Å²) in [6, 6.07) is 0. The van der Waals surface area contributed by atoms with Crippen LogP contribution in [0.4, 0.5) is 0 Å². The van der Waals surface area contributed by atoms with Crippen LogP contribution in [0, 0.1) is 0 Å². The Morgan fingerprint density at radius 2 is 2.12 bits per heavy atom. The van der Waals surface area contributed by atoms with E-state index in [1.807, 2.05) is 7.05 Å². The van der Waals surface area contributed by atoms with Gasteiger partial charge in [0.15, 0.2) is 0 Å². The van der Waals surface area contributed by atoms with Gasteiger partial charge in [0.05, 0.1) is 6.61 Å². The standard InChI is InChI=1S/C11H18N2O3/c1-3-16-11(15)10(12-8-14)9-4-6-13(2)7-5-9/h8H,3-7H2,1-2H3,(H,12,14). The molecule has 0 aromatic carbocycles. The Morgan fingerprint density at radius 1 is 1.50 bits per heavy atom. The fraction of sp³-hybridized carbons (Fsp3) is 0.636. The number of likely N-dealkylation sites (tertiary alicyclic amines) is 1. The summed E-state index contributed by atoms with van der Waals surface area (Å²) in [6.45, 7) is 3.86. The molecule has 16 heavy (non-hydrogen) atoms. The number of piperidine rings is 1. The van der Waals surface area contributed by atoms with Crippen LogP contribution in [0.2, 0.25) is 0 Å². The van der Waals surface area contributed by atoms with Crippen molar-refractivity contribution in [3.63, 3.8) is 0 Å². The average molecular weight is 226 g/mol. The molecule has 0 spiro atoms. The number of hydrogen-bond donors (Lipinski definition) is 1. The van der Waals surface area contributed by atoms with Crippen molar-refractivity contribution in [2.45, 2.75) is 19.8 Å². The van der Waals surface area contributed by atoms with Gasteiger partial charge in [-0.2, -0.15) is 0 Å². The number of hydrogen-bond acceptors (Lipinski definition) is 4. The molecule has 0 unspecified atom stereocenters. The van der Waals surface area contributed by atoms with Crippen LogP contribution in [-0.2, 0) is 14.3 Å². The highest BCUT2D eigenvalue weighted by Gasteiger charge is 2.19. The van der Waals surface area contributed by atoms with Gasteiger partial charge in [-0.3, -0.25) is 4.79 Å². The monoisotopic (exact) mass is 226 g/mol. The Balaban J connectivity index is 2.77. The van der Waals surface area contributed by atoms with Crippen molar-refractivity contribution in [2.24, 2.45) is 0 Å². The number of nitrogens with zero attached hydrogens (tertiary/aromatic N) is 1. The fourth-order valence-corrected chi connectivity index (χ4v) is 1.71. The number of carbonyl (C=O) groups is 2. The normalized spacial score (nSPS) is 16.8. The van der Waals surface area contributed by atoms with Gasteiger partial charge >= 0.3 is 5.97 Å². The lowest BCUT2D eigenvalue weighted by atomic mass is 10.0. The molecule has 1 N–H and O–H groups in total. The molecule has 0 aromatic rings. The number of esters is 1. The first kappa shape index (κ1) is 12.7. The van der Waals surface area contributed by atoms with E-state index in [2.05, 4.69) is 10.2 Å². The number of rotatable bonds is 4. The van der Waals surface area contributed by atoms with E-state index in [0.717, 1.165) is 31.5 Å². The van der Waals surface area contributed by atoms with E-state index in [1.54, 1.807) is 6.92 Å². The summed E-state index contributed by atoms with van der Waals surface area (Å²) in [5, 5.41) is 2.46. The van der Waals surface area contributed by atoms with Gasteiger partial charge in [0, 0.05) is 13.1 Å². The molecule has 5 heteroatoms. The summed E-state index contributed by atoms with van der Waals surface area (Å²) in [5.74, 6) is -0.436. The third kappa shape index (κ3) is 3.34. The molecule has 90 valence electrons. The minimum atomic E-state index is -0.436. The zero-order chi connectivity index (χ0) is 12.0. The number of ether oxygens (including phenoxy) is 1. The molecule has 0 aliphatic carbocycles. The highest BCUT2D eigenvalue weighted by molar-refractivity contribution is 5.91. The van der Waals surface area contributed by atoms with Crippen LogP contribution in [0.5, 0.6) is 0 Å². The van der Waals surface area contributed by atoms with E-state index < -0.39 is 5.97 Å². The highest BCUT2D eigenvalue weighted by atomic mass is 16.5. The summed E-state index contributed by atoms with van der Waals surface area (Å²) in [6.07, 6.45) is 2.12. The third-order valence-corrected chi connectivity index (χ3v) is 2.63. The lowest BCUT2D eigenvalue weighted by Crippen LogP contribution is -2.31. The maximum atomic E-state index is 11.6. The maximum Gasteiger partial charge on any atom is 0.354 e. The van der Waals surface area contributed by atoms with Crippen LogP contribution in [0.3, 0.4) is 0 Å². The summed E-state index contributed by atoms with van der Waals surface area (Å²) in [4.78, 5) is 24.3. The first-order valence-corrected chi connectivity index (χ1v) is 5.47. The fourth-order valence-electron chi connectivity index (χ4n) is 1.71. The SMILES string of the molecule is CCOC(=O)C(NC=O)=C1CCN(C)CC1. The molecule has 1 aliphatic rings. The molecule has 0 aromatic heterocycles. The lowest BCUT2D eigenvalue weighted by molar-refractivity contribution is -0.139. The van der Waals surface area contributed by atoms with Crippen molar-refractivity contribution in [2.75, 3.05) is 26.7 Å². The van der Waals surface area contributed by atoms with Crippen molar-refractivity contribution < 1.29 is 14.3 Å². The van der Waals surface area contributed by atoms with Crippen LogP contribution in [0.25, 0.3) is 0 Å².